The third-order valence-corrected chi connectivity index (χ3v) is 4.69. The molecule has 0 unspecified atom stereocenters. The molecule has 0 radical (unpaired) electrons. The molecule has 0 aliphatic carbocycles. The maximum Gasteiger partial charge on any atom is 0.206 e. The van der Waals surface area contributed by atoms with E-state index in [1.807, 2.05) is 18.2 Å². The molecule has 5 nitrogen and oxygen atoms in total. The lowest BCUT2D eigenvalue weighted by Crippen LogP contribution is -2.08. The first-order valence-corrected chi connectivity index (χ1v) is 8.36. The summed E-state index contributed by atoms with van der Waals surface area (Å²) in [4.78, 5) is 0. The summed E-state index contributed by atoms with van der Waals surface area (Å²) in [6, 6.07) is 6.15. The summed E-state index contributed by atoms with van der Waals surface area (Å²) < 4.78 is 11.6. The van der Waals surface area contributed by atoms with Crippen molar-refractivity contribution >= 4 is 28.2 Å². The van der Waals surface area contributed by atoms with Crippen LogP contribution in [0.25, 0.3) is 0 Å². The fourth-order valence-corrected chi connectivity index (χ4v) is 3.58. The molecule has 1 N–H and O–H groups in total. The molecule has 2 aromatic rings. The van der Waals surface area contributed by atoms with Gasteiger partial charge in [-0.1, -0.05) is 23.1 Å². The molecular weight excluding hydrogens is 306 g/mol. The van der Waals surface area contributed by atoms with Crippen LogP contribution in [-0.2, 0) is 5.75 Å². The summed E-state index contributed by atoms with van der Waals surface area (Å²) >= 11 is 3.20. The van der Waals surface area contributed by atoms with Crippen LogP contribution >= 0.6 is 23.1 Å². The number of anilines is 1. The van der Waals surface area contributed by atoms with Crippen molar-refractivity contribution in [1.82, 2.24) is 10.2 Å². The molecule has 21 heavy (non-hydrogen) atoms. The highest BCUT2D eigenvalue weighted by atomic mass is 32.2. The monoisotopic (exact) mass is 325 g/mol. The Kier molecular flexibility index (Phi) is 5.69. The fourth-order valence-electron chi connectivity index (χ4n) is 1.71. The second-order valence-electron chi connectivity index (χ2n) is 4.64. The van der Waals surface area contributed by atoms with E-state index >= 15 is 0 Å². The summed E-state index contributed by atoms with van der Waals surface area (Å²) in [5, 5.41) is 12.4. The van der Waals surface area contributed by atoms with Gasteiger partial charge in [0.1, 0.15) is 11.5 Å². The van der Waals surface area contributed by atoms with Gasteiger partial charge in [-0.2, -0.15) is 0 Å². The van der Waals surface area contributed by atoms with Gasteiger partial charge in [0.05, 0.1) is 14.2 Å². The van der Waals surface area contributed by atoms with E-state index in [4.69, 9.17) is 9.47 Å². The smallest absolute Gasteiger partial charge is 0.206 e. The molecule has 0 saturated carbocycles. The van der Waals surface area contributed by atoms with Crippen LogP contribution < -0.4 is 14.8 Å². The molecule has 2 rings (SSSR count). The van der Waals surface area contributed by atoms with Crippen LogP contribution in [0.3, 0.4) is 0 Å². The number of rotatable bonds is 7. The van der Waals surface area contributed by atoms with Crippen molar-refractivity contribution in [2.75, 3.05) is 19.5 Å². The number of hydrogen-bond donors (Lipinski definition) is 1. The van der Waals surface area contributed by atoms with Crippen molar-refractivity contribution in [3.05, 3.63) is 23.8 Å². The standard InChI is InChI=1S/C14H19N3O2S2/c1-9(2)15-13-16-17-14(21-13)20-8-10-7-11(18-3)5-6-12(10)19-4/h5-7,9H,8H2,1-4H3,(H,15,16). The summed E-state index contributed by atoms with van der Waals surface area (Å²) in [5.41, 5.74) is 1.08. The van der Waals surface area contributed by atoms with Gasteiger partial charge in [-0.25, -0.2) is 0 Å². The van der Waals surface area contributed by atoms with Crippen LogP contribution in [-0.4, -0.2) is 30.5 Å². The van der Waals surface area contributed by atoms with Crippen LogP contribution in [0.15, 0.2) is 22.5 Å². The molecule has 0 aliphatic rings. The molecule has 1 heterocycles. The summed E-state index contributed by atoms with van der Waals surface area (Å²) in [6.07, 6.45) is 0. The van der Waals surface area contributed by atoms with E-state index in [0.717, 1.165) is 32.3 Å². The van der Waals surface area contributed by atoms with Gasteiger partial charge in [-0.3, -0.25) is 0 Å². The van der Waals surface area contributed by atoms with Crippen molar-refractivity contribution < 1.29 is 9.47 Å². The van der Waals surface area contributed by atoms with Gasteiger partial charge in [0.15, 0.2) is 4.34 Å². The van der Waals surface area contributed by atoms with E-state index in [0.29, 0.717) is 6.04 Å². The Hall–Kier alpha value is -1.47. The zero-order valence-corrected chi connectivity index (χ0v) is 14.2. The number of ether oxygens (including phenoxy) is 2. The largest absolute Gasteiger partial charge is 0.497 e. The molecule has 0 spiro atoms. The lowest BCUT2D eigenvalue weighted by Gasteiger charge is -2.09. The second-order valence-corrected chi connectivity index (χ2v) is 6.84. The van der Waals surface area contributed by atoms with Crippen molar-refractivity contribution in [2.45, 2.75) is 30.0 Å². The second kappa shape index (κ2) is 7.51. The van der Waals surface area contributed by atoms with Gasteiger partial charge >= 0.3 is 0 Å². The number of hydrogen-bond acceptors (Lipinski definition) is 7. The third kappa shape index (κ3) is 4.50. The molecule has 0 fully saturated rings. The Bertz CT molecular complexity index is 587. The Morgan fingerprint density at radius 2 is 2.05 bits per heavy atom. The molecule has 0 atom stereocenters. The molecule has 114 valence electrons. The molecule has 7 heteroatoms. The molecule has 1 aromatic heterocycles. The maximum atomic E-state index is 5.38. The third-order valence-electron chi connectivity index (χ3n) is 2.66. The van der Waals surface area contributed by atoms with Crippen LogP contribution in [0.4, 0.5) is 5.13 Å². The van der Waals surface area contributed by atoms with Gasteiger partial charge in [-0.15, -0.1) is 10.2 Å². The summed E-state index contributed by atoms with van der Waals surface area (Å²) in [6.45, 7) is 4.16. The number of nitrogens with one attached hydrogen (secondary N) is 1. The van der Waals surface area contributed by atoms with Gasteiger partial charge in [0, 0.05) is 17.4 Å². The van der Waals surface area contributed by atoms with E-state index in [-0.39, 0.29) is 0 Å². The molecule has 0 aliphatic heterocycles. The van der Waals surface area contributed by atoms with Crippen LogP contribution in [0.1, 0.15) is 19.4 Å². The molecule has 0 saturated heterocycles. The normalized spacial score (nSPS) is 10.7. The van der Waals surface area contributed by atoms with E-state index in [1.54, 1.807) is 37.3 Å². The average Bonchev–Trinajstić information content (AvgIpc) is 2.91. The van der Waals surface area contributed by atoms with E-state index in [9.17, 15) is 0 Å². The first kappa shape index (κ1) is 15.9. The van der Waals surface area contributed by atoms with Crippen molar-refractivity contribution in [3.63, 3.8) is 0 Å². The lowest BCUT2D eigenvalue weighted by atomic mass is 10.2. The lowest BCUT2D eigenvalue weighted by molar-refractivity contribution is 0.400. The zero-order valence-electron chi connectivity index (χ0n) is 12.5. The van der Waals surface area contributed by atoms with E-state index < -0.39 is 0 Å². The van der Waals surface area contributed by atoms with Crippen LogP contribution in [0, 0.1) is 0 Å². The van der Waals surface area contributed by atoms with Crippen molar-refractivity contribution in [1.29, 1.82) is 0 Å². The highest BCUT2D eigenvalue weighted by Gasteiger charge is 2.09. The first-order chi connectivity index (χ1) is 10.1. The Labute approximate surface area is 133 Å². The van der Waals surface area contributed by atoms with Gasteiger partial charge in [-0.05, 0) is 32.0 Å². The van der Waals surface area contributed by atoms with Gasteiger partial charge in [0.25, 0.3) is 0 Å². The first-order valence-electron chi connectivity index (χ1n) is 6.56. The van der Waals surface area contributed by atoms with E-state index in [2.05, 4.69) is 29.4 Å². The topological polar surface area (TPSA) is 56.3 Å². The summed E-state index contributed by atoms with van der Waals surface area (Å²) in [7, 11) is 3.33. The molecule has 0 bridgehead atoms. The molecule has 1 aromatic carbocycles. The van der Waals surface area contributed by atoms with E-state index in [1.165, 1.54) is 0 Å². The zero-order chi connectivity index (χ0) is 15.2. The Morgan fingerprint density at radius 1 is 1.24 bits per heavy atom. The van der Waals surface area contributed by atoms with Crippen LogP contribution in [0.5, 0.6) is 11.5 Å². The predicted molar refractivity (Wildman–Crippen MR) is 87.8 cm³/mol. The number of methoxy groups -OCH3 is 2. The minimum atomic E-state index is 0.356. The number of benzene rings is 1. The van der Waals surface area contributed by atoms with Gasteiger partial charge in [0.2, 0.25) is 5.13 Å². The van der Waals surface area contributed by atoms with Crippen LogP contribution in [0.2, 0.25) is 0 Å². The Morgan fingerprint density at radius 3 is 2.71 bits per heavy atom. The maximum absolute atomic E-state index is 5.38. The number of thioether (sulfide) groups is 1. The quantitative estimate of drug-likeness (QED) is 0.784. The van der Waals surface area contributed by atoms with Gasteiger partial charge < -0.3 is 14.8 Å². The average molecular weight is 325 g/mol. The van der Waals surface area contributed by atoms with Crippen molar-refractivity contribution in [2.24, 2.45) is 0 Å². The fraction of sp³-hybridized carbons (Fsp3) is 0.429. The minimum absolute atomic E-state index is 0.356. The SMILES string of the molecule is COc1ccc(OC)c(CSc2nnc(NC(C)C)s2)c1. The highest BCUT2D eigenvalue weighted by Crippen LogP contribution is 2.33. The Balaban J connectivity index is 2.03. The number of aromatic nitrogens is 2. The predicted octanol–water partition coefficient (Wildman–Crippen LogP) is 3.67. The summed E-state index contributed by atoms with van der Waals surface area (Å²) in [5.74, 6) is 2.44. The molecular formula is C14H19N3O2S2. The minimum Gasteiger partial charge on any atom is -0.497 e. The highest BCUT2D eigenvalue weighted by molar-refractivity contribution is 8.00. The van der Waals surface area contributed by atoms with Crippen molar-refractivity contribution in [3.8, 4) is 11.5 Å². The number of nitrogens with zero attached hydrogens (tertiary/aromatic N) is 2. The molecule has 0 amide bonds.